The molecule has 0 amide bonds. The minimum atomic E-state index is -0.907. The molecule has 5 heteroatoms. The molecule has 0 aromatic carbocycles. The number of allylic oxidation sites excluding steroid dienone is 2. The summed E-state index contributed by atoms with van der Waals surface area (Å²) < 4.78 is 0. The van der Waals surface area contributed by atoms with E-state index in [-0.39, 0.29) is 40.1 Å². The first-order chi connectivity index (χ1) is 16.1. The maximum atomic E-state index is 12.8. The Hall–Kier alpha value is -0.910. The summed E-state index contributed by atoms with van der Waals surface area (Å²) in [7, 11) is 0. The number of carbonyl (C=O) groups is 1. The van der Waals surface area contributed by atoms with Crippen LogP contribution in [0.2, 0.25) is 0 Å². The van der Waals surface area contributed by atoms with Gasteiger partial charge in [0.1, 0.15) is 0 Å². The van der Waals surface area contributed by atoms with E-state index < -0.39 is 29.0 Å². The quantitative estimate of drug-likeness (QED) is 0.402. The SMILES string of the molecule is CC1(C)CC[C@]2(C(=O)O)CC[C@]3(C)C(=CC[C@@H]4[C@@]5(C)C[C@@H](O)[C@H](O)[C@@](C)(CO)[C@@H]5CC[C@]43C)C2C1. The van der Waals surface area contributed by atoms with Gasteiger partial charge in [0.2, 0.25) is 0 Å². The predicted molar refractivity (Wildman–Crippen MR) is 135 cm³/mol. The van der Waals surface area contributed by atoms with Gasteiger partial charge in [0.25, 0.3) is 0 Å². The van der Waals surface area contributed by atoms with Gasteiger partial charge in [-0.15, -0.1) is 0 Å². The fourth-order valence-electron chi connectivity index (χ4n) is 10.8. The van der Waals surface area contributed by atoms with Crippen LogP contribution in [0.4, 0.5) is 0 Å². The van der Waals surface area contributed by atoms with Crippen LogP contribution in [0.15, 0.2) is 11.6 Å². The van der Waals surface area contributed by atoms with Gasteiger partial charge in [-0.2, -0.15) is 0 Å². The molecule has 0 aromatic heterocycles. The Morgan fingerprint density at radius 2 is 1.60 bits per heavy atom. The molecule has 4 fully saturated rings. The smallest absolute Gasteiger partial charge is 0.310 e. The lowest BCUT2D eigenvalue weighted by Gasteiger charge is -2.71. The molecule has 10 atom stereocenters. The molecule has 0 bridgehead atoms. The minimum absolute atomic E-state index is 0.00698. The number of carboxylic acids is 1. The highest BCUT2D eigenvalue weighted by Crippen LogP contribution is 2.75. The van der Waals surface area contributed by atoms with E-state index in [4.69, 9.17) is 0 Å². The molecule has 5 aliphatic rings. The summed E-state index contributed by atoms with van der Waals surface area (Å²) in [5.74, 6) is -0.0472. The number of aliphatic carboxylic acids is 1. The summed E-state index contributed by atoms with van der Waals surface area (Å²) in [6, 6.07) is 0. The molecule has 0 spiro atoms. The van der Waals surface area contributed by atoms with Crippen LogP contribution in [0.1, 0.15) is 99.3 Å². The van der Waals surface area contributed by atoms with Crippen molar-refractivity contribution in [3.05, 3.63) is 11.6 Å². The number of rotatable bonds is 2. The van der Waals surface area contributed by atoms with Gasteiger partial charge in [-0.3, -0.25) is 4.79 Å². The molecule has 0 saturated heterocycles. The molecular weight excluding hydrogens is 440 g/mol. The van der Waals surface area contributed by atoms with Crippen LogP contribution in [0.5, 0.6) is 0 Å². The van der Waals surface area contributed by atoms with Crippen molar-refractivity contribution < 1.29 is 25.2 Å². The summed E-state index contributed by atoms with van der Waals surface area (Å²) in [4.78, 5) is 12.8. The fourth-order valence-corrected chi connectivity index (χ4v) is 10.8. The number of hydrogen-bond acceptors (Lipinski definition) is 4. The highest BCUT2D eigenvalue weighted by atomic mass is 16.4. The Bertz CT molecular complexity index is 941. The van der Waals surface area contributed by atoms with Crippen LogP contribution in [0, 0.1) is 50.2 Å². The molecule has 35 heavy (non-hydrogen) atoms. The lowest BCUT2D eigenvalue weighted by atomic mass is 9.33. The lowest BCUT2D eigenvalue weighted by molar-refractivity contribution is -0.243. The molecule has 0 radical (unpaired) electrons. The van der Waals surface area contributed by atoms with E-state index in [9.17, 15) is 25.2 Å². The third-order valence-electron chi connectivity index (χ3n) is 13.2. The summed E-state index contributed by atoms with van der Waals surface area (Å²) in [6.45, 7) is 13.6. The monoisotopic (exact) mass is 488 g/mol. The summed E-state index contributed by atoms with van der Waals surface area (Å²) in [5, 5.41) is 42.8. The average Bonchev–Trinajstić information content (AvgIpc) is 2.77. The van der Waals surface area contributed by atoms with Gasteiger partial charge in [-0.25, -0.2) is 0 Å². The zero-order valence-corrected chi connectivity index (χ0v) is 22.7. The van der Waals surface area contributed by atoms with E-state index >= 15 is 0 Å². The first kappa shape index (κ1) is 25.7. The maximum absolute atomic E-state index is 12.8. The van der Waals surface area contributed by atoms with E-state index in [1.807, 2.05) is 6.92 Å². The molecule has 0 aliphatic heterocycles. The molecule has 0 aromatic rings. The topological polar surface area (TPSA) is 98.0 Å². The van der Waals surface area contributed by atoms with Gasteiger partial charge >= 0.3 is 5.97 Å². The molecule has 5 aliphatic carbocycles. The Morgan fingerprint density at radius 3 is 2.23 bits per heavy atom. The van der Waals surface area contributed by atoms with Crippen LogP contribution in [-0.4, -0.2) is 45.2 Å². The second-order valence-electron chi connectivity index (χ2n) is 15.1. The van der Waals surface area contributed by atoms with Crippen LogP contribution in [-0.2, 0) is 4.79 Å². The van der Waals surface area contributed by atoms with Crippen molar-refractivity contribution in [3.63, 3.8) is 0 Å². The Balaban J connectivity index is 1.61. The third-order valence-corrected chi connectivity index (χ3v) is 13.2. The maximum Gasteiger partial charge on any atom is 0.310 e. The van der Waals surface area contributed by atoms with Crippen molar-refractivity contribution in [2.45, 2.75) is 112 Å². The third kappa shape index (κ3) is 3.07. The second-order valence-corrected chi connectivity index (χ2v) is 15.1. The van der Waals surface area contributed by atoms with E-state index in [0.717, 1.165) is 51.4 Å². The largest absolute Gasteiger partial charge is 0.481 e. The van der Waals surface area contributed by atoms with Gasteiger partial charge in [-0.05, 0) is 97.2 Å². The van der Waals surface area contributed by atoms with Crippen molar-refractivity contribution in [1.29, 1.82) is 0 Å². The lowest BCUT2D eigenvalue weighted by Crippen LogP contribution is -2.68. The molecule has 5 rings (SSSR count). The molecule has 4 saturated carbocycles. The number of carboxylic acid groups (broad SMARTS) is 1. The Kier molecular flexibility index (Phi) is 5.56. The second kappa shape index (κ2) is 7.57. The molecule has 198 valence electrons. The zero-order chi connectivity index (χ0) is 25.8. The summed E-state index contributed by atoms with van der Waals surface area (Å²) >= 11 is 0. The van der Waals surface area contributed by atoms with E-state index in [1.165, 1.54) is 5.57 Å². The molecule has 0 heterocycles. The number of fused-ring (bicyclic) bond motifs is 7. The van der Waals surface area contributed by atoms with E-state index in [2.05, 4.69) is 40.7 Å². The molecular formula is C30H48O5. The van der Waals surface area contributed by atoms with E-state index in [1.54, 1.807) is 0 Å². The number of hydrogen-bond donors (Lipinski definition) is 4. The number of aliphatic hydroxyl groups excluding tert-OH is 3. The zero-order valence-electron chi connectivity index (χ0n) is 22.7. The van der Waals surface area contributed by atoms with Gasteiger partial charge in [0.05, 0.1) is 24.2 Å². The van der Waals surface area contributed by atoms with Crippen LogP contribution in [0.25, 0.3) is 0 Å². The average molecular weight is 489 g/mol. The normalized spacial score (nSPS) is 55.0. The molecule has 1 unspecified atom stereocenters. The summed E-state index contributed by atoms with van der Waals surface area (Å²) in [5.41, 5.74) is -0.0632. The van der Waals surface area contributed by atoms with Crippen molar-refractivity contribution in [2.24, 2.45) is 50.2 Å². The van der Waals surface area contributed by atoms with Crippen LogP contribution < -0.4 is 0 Å². The Morgan fingerprint density at radius 1 is 0.943 bits per heavy atom. The first-order valence-corrected chi connectivity index (χ1v) is 14.0. The van der Waals surface area contributed by atoms with Crippen molar-refractivity contribution in [1.82, 2.24) is 0 Å². The predicted octanol–water partition coefficient (Wildman–Crippen LogP) is 5.18. The fraction of sp³-hybridized carbons (Fsp3) is 0.900. The van der Waals surface area contributed by atoms with Crippen LogP contribution >= 0.6 is 0 Å². The first-order valence-electron chi connectivity index (χ1n) is 14.0. The highest BCUT2D eigenvalue weighted by molar-refractivity contribution is 5.76. The number of aliphatic hydroxyl groups is 3. The summed E-state index contributed by atoms with van der Waals surface area (Å²) in [6.07, 6.45) is 8.40. The van der Waals surface area contributed by atoms with Gasteiger partial charge in [0.15, 0.2) is 0 Å². The molecule has 5 nitrogen and oxygen atoms in total. The molecule has 4 N–H and O–H groups in total. The van der Waals surface area contributed by atoms with Crippen LogP contribution in [0.3, 0.4) is 0 Å². The van der Waals surface area contributed by atoms with Gasteiger partial charge in [0, 0.05) is 5.41 Å². The minimum Gasteiger partial charge on any atom is -0.481 e. The Labute approximate surface area is 211 Å². The van der Waals surface area contributed by atoms with Gasteiger partial charge in [-0.1, -0.05) is 53.2 Å². The van der Waals surface area contributed by atoms with Crippen molar-refractivity contribution in [3.8, 4) is 0 Å². The van der Waals surface area contributed by atoms with Gasteiger partial charge < -0.3 is 20.4 Å². The van der Waals surface area contributed by atoms with Crippen molar-refractivity contribution in [2.75, 3.05) is 6.61 Å². The highest BCUT2D eigenvalue weighted by Gasteiger charge is 2.70. The standard InChI is InChI=1S/C30H48O5/c1-25(2)11-13-30(24(34)35)14-12-28(5)18(19(30)15-25)7-8-22-26(3)16-20(32)23(33)27(4,17-31)21(26)9-10-29(22,28)6/h7,19-23,31-33H,8-17H2,1-6H3,(H,34,35)/t19?,20-,21-,22-,23+,26+,27+,28-,29-,30+/m1/s1. The van der Waals surface area contributed by atoms with Crippen molar-refractivity contribution >= 4 is 5.97 Å². The van der Waals surface area contributed by atoms with E-state index in [0.29, 0.717) is 12.3 Å².